The molecule has 0 aliphatic carbocycles. The summed E-state index contributed by atoms with van der Waals surface area (Å²) < 4.78 is 60.6. The average molecular weight is 352 g/mol. The fourth-order valence-corrected chi connectivity index (χ4v) is 3.36. The highest BCUT2D eigenvalue weighted by atomic mass is 32.2. The SMILES string of the molecule is CC(C)CS(=O)(=O)C(C)(C)C(=O)Nc1cc(C(F)(F)F)ccn1. The Kier molecular flexibility index (Phi) is 5.45. The molecule has 0 saturated heterocycles. The summed E-state index contributed by atoms with van der Waals surface area (Å²) in [5.74, 6) is -1.66. The van der Waals surface area contributed by atoms with E-state index in [2.05, 4.69) is 10.3 Å². The van der Waals surface area contributed by atoms with Crippen molar-refractivity contribution in [2.75, 3.05) is 11.1 Å². The van der Waals surface area contributed by atoms with Gasteiger partial charge in [-0.15, -0.1) is 0 Å². The largest absolute Gasteiger partial charge is 0.416 e. The third-order valence-corrected chi connectivity index (χ3v) is 6.05. The Hall–Kier alpha value is -1.64. The van der Waals surface area contributed by atoms with Crippen LogP contribution in [-0.4, -0.2) is 29.8 Å². The van der Waals surface area contributed by atoms with E-state index in [9.17, 15) is 26.4 Å². The van der Waals surface area contributed by atoms with Gasteiger partial charge in [0, 0.05) is 6.20 Å². The second kappa shape index (κ2) is 6.46. The number of amides is 1. The molecule has 1 aromatic heterocycles. The topological polar surface area (TPSA) is 76.1 Å². The molecule has 0 aliphatic rings. The fraction of sp³-hybridized carbons (Fsp3) is 0.571. The fourth-order valence-electron chi connectivity index (χ4n) is 1.73. The molecule has 1 N–H and O–H groups in total. The number of nitrogens with one attached hydrogen (secondary N) is 1. The Morgan fingerprint density at radius 3 is 2.35 bits per heavy atom. The number of aromatic nitrogens is 1. The molecule has 0 saturated carbocycles. The van der Waals surface area contributed by atoms with Crippen molar-refractivity contribution in [3.8, 4) is 0 Å². The van der Waals surface area contributed by atoms with Crippen molar-refractivity contribution in [2.45, 2.75) is 38.6 Å². The zero-order chi connectivity index (χ0) is 18.1. The van der Waals surface area contributed by atoms with Gasteiger partial charge in [0.05, 0.1) is 11.3 Å². The molecule has 0 fully saturated rings. The Labute approximate surface area is 133 Å². The predicted octanol–water partition coefficient (Wildman–Crippen LogP) is 2.89. The normalized spacial score (nSPS) is 13.2. The second-order valence-corrected chi connectivity index (χ2v) is 8.65. The lowest BCUT2D eigenvalue weighted by atomic mass is 10.2. The summed E-state index contributed by atoms with van der Waals surface area (Å²) in [4.78, 5) is 15.8. The minimum Gasteiger partial charge on any atom is -0.309 e. The van der Waals surface area contributed by atoms with Gasteiger partial charge in [-0.3, -0.25) is 4.79 Å². The number of carbonyl (C=O) groups is 1. The van der Waals surface area contributed by atoms with E-state index in [0.717, 1.165) is 12.3 Å². The van der Waals surface area contributed by atoms with Crippen molar-refractivity contribution in [3.63, 3.8) is 0 Å². The van der Waals surface area contributed by atoms with Crippen molar-refractivity contribution >= 4 is 21.6 Å². The molecule has 0 aliphatic heterocycles. The van der Waals surface area contributed by atoms with E-state index in [1.54, 1.807) is 13.8 Å². The van der Waals surface area contributed by atoms with Crippen LogP contribution in [-0.2, 0) is 20.8 Å². The molecule has 1 rings (SSSR count). The van der Waals surface area contributed by atoms with Crippen molar-refractivity contribution in [2.24, 2.45) is 5.92 Å². The molecule has 0 atom stereocenters. The molecule has 0 unspecified atom stereocenters. The quantitative estimate of drug-likeness (QED) is 0.884. The van der Waals surface area contributed by atoms with Crippen molar-refractivity contribution in [3.05, 3.63) is 23.9 Å². The van der Waals surface area contributed by atoms with Crippen LogP contribution in [0.25, 0.3) is 0 Å². The second-order valence-electron chi connectivity index (χ2n) is 6.07. The van der Waals surface area contributed by atoms with Gasteiger partial charge < -0.3 is 5.32 Å². The molecular weight excluding hydrogens is 333 g/mol. The number of pyridine rings is 1. The summed E-state index contributed by atoms with van der Waals surface area (Å²) >= 11 is 0. The summed E-state index contributed by atoms with van der Waals surface area (Å²) in [6.07, 6.45) is -3.68. The summed E-state index contributed by atoms with van der Waals surface area (Å²) in [6.45, 7) is 5.82. The van der Waals surface area contributed by atoms with Gasteiger partial charge >= 0.3 is 6.18 Å². The smallest absolute Gasteiger partial charge is 0.309 e. The molecule has 9 heteroatoms. The van der Waals surface area contributed by atoms with E-state index in [0.29, 0.717) is 6.07 Å². The highest BCUT2D eigenvalue weighted by Crippen LogP contribution is 2.30. The minimum absolute atomic E-state index is 0.182. The zero-order valence-electron chi connectivity index (χ0n) is 13.2. The molecule has 0 bridgehead atoms. The van der Waals surface area contributed by atoms with E-state index < -0.39 is 32.2 Å². The first kappa shape index (κ1) is 19.4. The van der Waals surface area contributed by atoms with Crippen LogP contribution in [0.3, 0.4) is 0 Å². The third kappa shape index (κ3) is 4.66. The first-order valence-corrected chi connectivity index (χ1v) is 8.49. The van der Waals surface area contributed by atoms with E-state index in [1.807, 2.05) is 0 Å². The maximum absolute atomic E-state index is 12.6. The van der Waals surface area contributed by atoms with Crippen LogP contribution in [0.15, 0.2) is 18.3 Å². The monoisotopic (exact) mass is 352 g/mol. The lowest BCUT2D eigenvalue weighted by Gasteiger charge is -2.24. The molecule has 23 heavy (non-hydrogen) atoms. The number of nitrogens with zero attached hydrogens (tertiary/aromatic N) is 1. The third-order valence-electron chi connectivity index (χ3n) is 3.21. The molecule has 1 heterocycles. The molecule has 130 valence electrons. The number of rotatable bonds is 5. The van der Waals surface area contributed by atoms with Gasteiger partial charge in [-0.1, -0.05) is 13.8 Å². The number of sulfone groups is 1. The summed E-state index contributed by atoms with van der Waals surface area (Å²) in [7, 11) is -3.78. The molecule has 0 radical (unpaired) electrons. The van der Waals surface area contributed by atoms with Gasteiger partial charge in [0.25, 0.3) is 0 Å². The molecule has 1 aromatic rings. The Bertz CT molecular complexity index is 683. The summed E-state index contributed by atoms with van der Waals surface area (Å²) in [5, 5.41) is 2.14. The van der Waals surface area contributed by atoms with Crippen LogP contribution in [0.5, 0.6) is 0 Å². The summed E-state index contributed by atoms with van der Waals surface area (Å²) in [5.41, 5.74) is -0.981. The number of carbonyl (C=O) groups excluding carboxylic acids is 1. The van der Waals surface area contributed by atoms with Gasteiger partial charge in [0.1, 0.15) is 10.6 Å². The first-order chi connectivity index (χ1) is 10.3. The van der Waals surface area contributed by atoms with Crippen LogP contribution in [0.4, 0.5) is 19.0 Å². The zero-order valence-corrected chi connectivity index (χ0v) is 14.0. The summed E-state index contributed by atoms with van der Waals surface area (Å²) in [6, 6.07) is 1.42. The van der Waals surface area contributed by atoms with Gasteiger partial charge in [0.2, 0.25) is 5.91 Å². The molecule has 1 amide bonds. The minimum atomic E-state index is -4.58. The lowest BCUT2D eigenvalue weighted by molar-refractivity contribution is -0.137. The number of halogens is 3. The van der Waals surface area contributed by atoms with E-state index in [4.69, 9.17) is 0 Å². The van der Waals surface area contributed by atoms with E-state index in [-0.39, 0.29) is 17.5 Å². The molecule has 0 spiro atoms. The van der Waals surface area contributed by atoms with E-state index >= 15 is 0 Å². The van der Waals surface area contributed by atoms with Crippen molar-refractivity contribution in [1.29, 1.82) is 0 Å². The molecule has 5 nitrogen and oxygen atoms in total. The van der Waals surface area contributed by atoms with Crippen molar-refractivity contribution < 1.29 is 26.4 Å². The predicted molar refractivity (Wildman–Crippen MR) is 80.6 cm³/mol. The first-order valence-electron chi connectivity index (χ1n) is 6.84. The Morgan fingerprint density at radius 1 is 1.30 bits per heavy atom. The maximum Gasteiger partial charge on any atom is 0.416 e. The van der Waals surface area contributed by atoms with Gasteiger partial charge in [-0.25, -0.2) is 13.4 Å². The molecular formula is C14H19F3N2O3S. The van der Waals surface area contributed by atoms with Crippen LogP contribution in [0.1, 0.15) is 33.3 Å². The van der Waals surface area contributed by atoms with Gasteiger partial charge in [-0.05, 0) is 31.9 Å². The van der Waals surface area contributed by atoms with Crippen molar-refractivity contribution in [1.82, 2.24) is 4.98 Å². The number of hydrogen-bond acceptors (Lipinski definition) is 4. The number of anilines is 1. The highest BCUT2D eigenvalue weighted by Gasteiger charge is 2.42. The number of hydrogen-bond donors (Lipinski definition) is 1. The average Bonchev–Trinajstić information content (AvgIpc) is 2.36. The maximum atomic E-state index is 12.6. The van der Waals surface area contributed by atoms with Crippen LogP contribution in [0, 0.1) is 5.92 Å². The van der Waals surface area contributed by atoms with E-state index in [1.165, 1.54) is 13.8 Å². The number of alkyl halides is 3. The van der Waals surface area contributed by atoms with Crippen LogP contribution in [0.2, 0.25) is 0 Å². The lowest BCUT2D eigenvalue weighted by Crippen LogP contribution is -2.46. The highest BCUT2D eigenvalue weighted by molar-refractivity contribution is 7.93. The van der Waals surface area contributed by atoms with Gasteiger partial charge in [-0.2, -0.15) is 13.2 Å². The van der Waals surface area contributed by atoms with Crippen LogP contribution >= 0.6 is 0 Å². The van der Waals surface area contributed by atoms with Crippen LogP contribution < -0.4 is 5.32 Å². The Morgan fingerprint density at radius 2 is 1.87 bits per heavy atom. The van der Waals surface area contributed by atoms with Gasteiger partial charge in [0.15, 0.2) is 9.84 Å². The Balaban J connectivity index is 3.04. The standard InChI is InChI=1S/C14H19F3N2O3S/c1-9(2)8-23(21,22)13(3,4)12(20)19-11-7-10(5-6-18-11)14(15,16)17/h5-7,9H,8H2,1-4H3,(H,18,19,20). The molecule has 0 aromatic carbocycles.